The van der Waals surface area contributed by atoms with E-state index in [-0.39, 0.29) is 11.5 Å². The molecular formula is C29H35N3O5. The van der Waals surface area contributed by atoms with Crippen LogP contribution in [-0.4, -0.2) is 75.4 Å². The molecular weight excluding hydrogens is 470 g/mol. The van der Waals surface area contributed by atoms with E-state index in [2.05, 4.69) is 10.6 Å². The van der Waals surface area contributed by atoms with E-state index in [1.165, 1.54) is 7.11 Å². The number of benzene rings is 2. The van der Waals surface area contributed by atoms with Gasteiger partial charge < -0.3 is 29.7 Å². The number of ether oxygens (including phenoxy) is 3. The third kappa shape index (κ3) is 5.70. The summed E-state index contributed by atoms with van der Waals surface area (Å²) in [5.74, 6) is -0.164. The summed E-state index contributed by atoms with van der Waals surface area (Å²) >= 11 is 0. The summed E-state index contributed by atoms with van der Waals surface area (Å²) in [5, 5.41) is 6.51. The quantitative estimate of drug-likeness (QED) is 0.339. The Hall–Kier alpha value is -3.62. The number of nitrogens with zero attached hydrogens (tertiary/aromatic N) is 1. The zero-order chi connectivity index (χ0) is 26.4. The molecule has 8 nitrogen and oxygen atoms in total. The molecule has 4 rings (SSSR count). The molecule has 0 spiro atoms. The molecule has 196 valence electrons. The maximum absolute atomic E-state index is 13.3. The van der Waals surface area contributed by atoms with E-state index in [4.69, 9.17) is 14.2 Å². The highest BCUT2D eigenvalue weighted by atomic mass is 16.5. The van der Waals surface area contributed by atoms with Crippen molar-refractivity contribution < 1.29 is 23.8 Å². The van der Waals surface area contributed by atoms with Gasteiger partial charge in [0.25, 0.3) is 5.91 Å². The van der Waals surface area contributed by atoms with Gasteiger partial charge in [-0.1, -0.05) is 42.5 Å². The summed E-state index contributed by atoms with van der Waals surface area (Å²) in [6, 6.07) is 17.2. The van der Waals surface area contributed by atoms with E-state index in [1.54, 1.807) is 0 Å². The minimum Gasteiger partial charge on any atom is -0.494 e. The van der Waals surface area contributed by atoms with Gasteiger partial charge in [-0.3, -0.25) is 4.79 Å². The van der Waals surface area contributed by atoms with Crippen LogP contribution < -0.4 is 15.4 Å². The number of rotatable bonds is 12. The number of amides is 1. The molecule has 0 fully saturated rings. The zero-order valence-electron chi connectivity index (χ0n) is 21.8. The molecule has 0 radical (unpaired) electrons. The topological polar surface area (TPSA) is 89.1 Å². The van der Waals surface area contributed by atoms with Gasteiger partial charge in [0.15, 0.2) is 0 Å². The second-order valence-electron chi connectivity index (χ2n) is 9.38. The molecule has 2 bridgehead atoms. The first-order chi connectivity index (χ1) is 17.9. The maximum atomic E-state index is 13.3. The van der Waals surface area contributed by atoms with Gasteiger partial charge in [-0.2, -0.15) is 0 Å². The number of fused-ring (bicyclic) bond motifs is 2. The fourth-order valence-corrected chi connectivity index (χ4v) is 4.85. The predicted molar refractivity (Wildman–Crippen MR) is 143 cm³/mol. The highest BCUT2D eigenvalue weighted by molar-refractivity contribution is 6.07. The SMILES string of the molecule is CCOc1cccc(NC(Cc2ccccc2)C23C=CC(O2)C(C(=O)NCCN(C)C)=C3C(=O)OC)c1. The van der Waals surface area contributed by atoms with Gasteiger partial charge in [-0.25, -0.2) is 4.79 Å². The van der Waals surface area contributed by atoms with Crippen LogP contribution in [0, 0.1) is 0 Å². The average Bonchev–Trinajstić information content (AvgIpc) is 3.47. The Balaban J connectivity index is 1.74. The normalized spacial score (nSPS) is 20.7. The van der Waals surface area contributed by atoms with Gasteiger partial charge in [0.2, 0.25) is 0 Å². The van der Waals surface area contributed by atoms with Crippen LogP contribution >= 0.6 is 0 Å². The molecule has 0 aliphatic carbocycles. The number of hydrogen-bond donors (Lipinski definition) is 2. The Morgan fingerprint density at radius 1 is 1.14 bits per heavy atom. The van der Waals surface area contributed by atoms with Crippen LogP contribution in [0.3, 0.4) is 0 Å². The van der Waals surface area contributed by atoms with Crippen molar-refractivity contribution in [1.82, 2.24) is 10.2 Å². The van der Waals surface area contributed by atoms with Crippen LogP contribution in [0.5, 0.6) is 5.75 Å². The molecule has 2 N–H and O–H groups in total. The number of anilines is 1. The maximum Gasteiger partial charge on any atom is 0.337 e. The molecule has 0 aromatic heterocycles. The summed E-state index contributed by atoms with van der Waals surface area (Å²) in [6.07, 6.45) is 3.63. The van der Waals surface area contributed by atoms with Crippen LogP contribution in [-0.2, 0) is 25.5 Å². The van der Waals surface area contributed by atoms with Crippen LogP contribution in [0.2, 0.25) is 0 Å². The number of carbonyl (C=O) groups excluding carboxylic acids is 2. The number of carbonyl (C=O) groups is 2. The number of methoxy groups -OCH3 is 1. The molecule has 2 aliphatic heterocycles. The molecule has 37 heavy (non-hydrogen) atoms. The number of esters is 1. The standard InChI is InChI=1S/C29H35N3O5/c1-5-36-22-13-9-12-21(19-22)31-24(18-20-10-7-6-8-11-20)29-15-14-23(37-29)25(26(29)28(34)35-4)27(33)30-16-17-32(2)3/h6-15,19,23-24,31H,5,16-18H2,1-4H3,(H,30,33). The van der Waals surface area contributed by atoms with Crippen molar-refractivity contribution in [1.29, 1.82) is 0 Å². The lowest BCUT2D eigenvalue weighted by Crippen LogP contribution is -2.49. The third-order valence-electron chi connectivity index (χ3n) is 6.55. The lowest BCUT2D eigenvalue weighted by molar-refractivity contribution is -0.138. The molecule has 2 heterocycles. The van der Waals surface area contributed by atoms with Crippen molar-refractivity contribution in [2.75, 3.05) is 46.2 Å². The van der Waals surface area contributed by atoms with E-state index in [0.29, 0.717) is 31.7 Å². The largest absolute Gasteiger partial charge is 0.494 e. The fourth-order valence-electron chi connectivity index (χ4n) is 4.85. The van der Waals surface area contributed by atoms with Gasteiger partial charge in [-0.05, 0) is 51.2 Å². The van der Waals surface area contributed by atoms with Crippen LogP contribution in [0.15, 0.2) is 77.9 Å². The molecule has 0 saturated carbocycles. The predicted octanol–water partition coefficient (Wildman–Crippen LogP) is 2.96. The van der Waals surface area contributed by atoms with Crippen molar-refractivity contribution in [2.45, 2.75) is 31.1 Å². The fraction of sp³-hybridized carbons (Fsp3) is 0.379. The van der Waals surface area contributed by atoms with Crippen molar-refractivity contribution in [3.63, 3.8) is 0 Å². The van der Waals surface area contributed by atoms with Crippen molar-refractivity contribution >= 4 is 17.6 Å². The lowest BCUT2D eigenvalue weighted by atomic mass is 9.78. The van der Waals surface area contributed by atoms with Crippen LogP contribution in [0.4, 0.5) is 5.69 Å². The Kier molecular flexibility index (Phi) is 8.31. The molecule has 1 amide bonds. The summed E-state index contributed by atoms with van der Waals surface area (Å²) in [7, 11) is 5.19. The van der Waals surface area contributed by atoms with E-state index in [0.717, 1.165) is 17.0 Å². The van der Waals surface area contributed by atoms with Gasteiger partial charge in [0.1, 0.15) is 17.5 Å². The zero-order valence-corrected chi connectivity index (χ0v) is 21.8. The number of likely N-dealkylation sites (N-methyl/N-ethyl adjacent to an activating group) is 1. The van der Waals surface area contributed by atoms with Crippen molar-refractivity contribution in [3.05, 3.63) is 83.5 Å². The highest BCUT2D eigenvalue weighted by Gasteiger charge is 2.58. The molecule has 8 heteroatoms. The summed E-state index contributed by atoms with van der Waals surface area (Å²) in [5.41, 5.74) is 1.22. The highest BCUT2D eigenvalue weighted by Crippen LogP contribution is 2.47. The third-order valence-corrected chi connectivity index (χ3v) is 6.55. The Morgan fingerprint density at radius 2 is 1.92 bits per heavy atom. The minimum absolute atomic E-state index is 0.235. The Labute approximate surface area is 218 Å². The first kappa shape index (κ1) is 26.4. The van der Waals surface area contributed by atoms with Gasteiger partial charge in [-0.15, -0.1) is 0 Å². The lowest BCUT2D eigenvalue weighted by Gasteiger charge is -2.36. The van der Waals surface area contributed by atoms with Crippen LogP contribution in [0.25, 0.3) is 0 Å². The first-order valence-electron chi connectivity index (χ1n) is 12.5. The summed E-state index contributed by atoms with van der Waals surface area (Å²) < 4.78 is 17.4. The molecule has 2 aliphatic rings. The van der Waals surface area contributed by atoms with Gasteiger partial charge in [0, 0.05) is 24.8 Å². The van der Waals surface area contributed by atoms with Gasteiger partial charge in [0.05, 0.1) is 30.9 Å². The number of hydrogen-bond acceptors (Lipinski definition) is 7. The molecule has 3 atom stereocenters. The van der Waals surface area contributed by atoms with E-state index in [9.17, 15) is 9.59 Å². The van der Waals surface area contributed by atoms with E-state index >= 15 is 0 Å². The second kappa shape index (κ2) is 11.6. The Bertz CT molecular complexity index is 1180. The molecule has 3 unspecified atom stereocenters. The average molecular weight is 506 g/mol. The van der Waals surface area contributed by atoms with E-state index in [1.807, 2.05) is 92.7 Å². The monoisotopic (exact) mass is 505 g/mol. The van der Waals surface area contributed by atoms with Crippen LogP contribution in [0.1, 0.15) is 12.5 Å². The summed E-state index contributed by atoms with van der Waals surface area (Å²) in [6.45, 7) is 3.61. The molecule has 2 aromatic carbocycles. The second-order valence-corrected chi connectivity index (χ2v) is 9.38. The molecule has 0 saturated heterocycles. The Morgan fingerprint density at radius 3 is 2.62 bits per heavy atom. The van der Waals surface area contributed by atoms with Gasteiger partial charge >= 0.3 is 5.97 Å². The summed E-state index contributed by atoms with van der Waals surface area (Å²) in [4.78, 5) is 28.5. The van der Waals surface area contributed by atoms with E-state index < -0.39 is 23.7 Å². The first-order valence-corrected chi connectivity index (χ1v) is 12.5. The smallest absolute Gasteiger partial charge is 0.337 e. The van der Waals surface area contributed by atoms with Crippen molar-refractivity contribution in [3.8, 4) is 5.75 Å². The number of nitrogens with one attached hydrogen (secondary N) is 2. The minimum atomic E-state index is -1.19. The van der Waals surface area contributed by atoms with Crippen molar-refractivity contribution in [2.24, 2.45) is 0 Å². The molecule has 2 aromatic rings.